The highest BCUT2D eigenvalue weighted by Crippen LogP contribution is 2.41. The zero-order chi connectivity index (χ0) is 23.4. The van der Waals surface area contributed by atoms with Gasteiger partial charge >= 0.3 is 0 Å². The molecule has 168 valence electrons. The quantitative estimate of drug-likeness (QED) is 0.250. The first-order valence-electron chi connectivity index (χ1n) is 10.6. The molecule has 0 spiro atoms. The predicted octanol–water partition coefficient (Wildman–Crippen LogP) is 5.12. The molecular formula is C26H23NO5S. The molecule has 0 radical (unpaired) electrons. The van der Waals surface area contributed by atoms with Gasteiger partial charge in [0.1, 0.15) is 23.9 Å². The van der Waals surface area contributed by atoms with E-state index in [4.69, 9.17) is 4.74 Å². The zero-order valence-corrected chi connectivity index (χ0v) is 18.8. The molecule has 7 heteroatoms. The third kappa shape index (κ3) is 4.99. The Kier molecular flexibility index (Phi) is 6.60. The van der Waals surface area contributed by atoms with Gasteiger partial charge in [-0.15, -0.1) is 11.3 Å². The molecule has 1 heterocycles. The maximum atomic E-state index is 13.6. The predicted molar refractivity (Wildman–Crippen MR) is 129 cm³/mol. The first-order chi connectivity index (χ1) is 16.0. The number of phenols is 2. The molecule has 0 bridgehead atoms. The lowest BCUT2D eigenvalue weighted by Crippen LogP contribution is -2.27. The first kappa shape index (κ1) is 22.4. The molecule has 0 atom stereocenters. The van der Waals surface area contributed by atoms with Gasteiger partial charge in [0, 0.05) is 32.5 Å². The minimum absolute atomic E-state index is 0.0275. The van der Waals surface area contributed by atoms with Crippen LogP contribution in [0.15, 0.2) is 66.7 Å². The molecule has 4 aromatic rings. The monoisotopic (exact) mass is 461 g/mol. The number of carbonyl (C=O) groups excluding carboxylic acids is 2. The van der Waals surface area contributed by atoms with Crippen LogP contribution in [0.5, 0.6) is 17.2 Å². The first-order valence-corrected chi connectivity index (χ1v) is 11.4. The van der Waals surface area contributed by atoms with Gasteiger partial charge in [0.05, 0.1) is 6.54 Å². The number of fused-ring (bicyclic) bond motifs is 1. The van der Waals surface area contributed by atoms with E-state index in [0.29, 0.717) is 36.4 Å². The van der Waals surface area contributed by atoms with Gasteiger partial charge in [0.2, 0.25) is 5.91 Å². The summed E-state index contributed by atoms with van der Waals surface area (Å²) in [5.74, 6) is 0.722. The lowest BCUT2D eigenvalue weighted by Gasteiger charge is -2.09. The average Bonchev–Trinajstić information content (AvgIpc) is 3.20. The topological polar surface area (TPSA) is 95.9 Å². The Hall–Kier alpha value is -3.84. The Morgan fingerprint density at radius 2 is 1.64 bits per heavy atom. The molecule has 1 amide bonds. The average molecular weight is 462 g/mol. The summed E-state index contributed by atoms with van der Waals surface area (Å²) in [6.07, 6.45) is 0.430. The van der Waals surface area contributed by atoms with Crippen molar-refractivity contribution in [3.63, 3.8) is 0 Å². The third-order valence-corrected chi connectivity index (χ3v) is 6.36. The highest BCUT2D eigenvalue weighted by atomic mass is 32.1. The second kappa shape index (κ2) is 9.75. The molecule has 3 aromatic carbocycles. The van der Waals surface area contributed by atoms with Crippen LogP contribution < -0.4 is 10.1 Å². The van der Waals surface area contributed by atoms with Crippen molar-refractivity contribution in [1.29, 1.82) is 0 Å². The summed E-state index contributed by atoms with van der Waals surface area (Å²) in [5.41, 5.74) is 1.87. The standard InChI is InChI=1S/C26H23NO5S/c1-2-23(30)27-13-14-32-20-10-5-16(6-11-20)25(31)24-21-12-9-19(29)15-22(21)33-26(24)17-3-7-18(28)8-4-17/h3-12,15,28-29H,2,13-14H2,1H3,(H,27,30). The zero-order valence-electron chi connectivity index (χ0n) is 18.0. The molecule has 0 unspecified atom stereocenters. The number of phenolic OH excluding ortho intramolecular Hbond substituents is 2. The molecule has 0 fully saturated rings. The fourth-order valence-electron chi connectivity index (χ4n) is 3.46. The van der Waals surface area contributed by atoms with Gasteiger partial charge in [-0.2, -0.15) is 0 Å². The Morgan fingerprint density at radius 1 is 0.939 bits per heavy atom. The van der Waals surface area contributed by atoms with Crippen LogP contribution in [0.2, 0.25) is 0 Å². The number of benzene rings is 3. The molecule has 4 rings (SSSR count). The molecule has 0 saturated carbocycles. The van der Waals surface area contributed by atoms with Gasteiger partial charge in [-0.05, 0) is 72.3 Å². The summed E-state index contributed by atoms with van der Waals surface area (Å²) in [6, 6.07) is 18.6. The van der Waals surface area contributed by atoms with Crippen LogP contribution >= 0.6 is 11.3 Å². The molecule has 0 saturated heterocycles. The summed E-state index contributed by atoms with van der Waals surface area (Å²) < 4.78 is 6.44. The lowest BCUT2D eigenvalue weighted by molar-refractivity contribution is -0.120. The minimum atomic E-state index is -0.142. The van der Waals surface area contributed by atoms with Crippen LogP contribution in [0.1, 0.15) is 29.3 Å². The summed E-state index contributed by atoms with van der Waals surface area (Å²) >= 11 is 1.42. The number of hydrogen-bond donors (Lipinski definition) is 3. The number of amides is 1. The second-order valence-electron chi connectivity index (χ2n) is 7.44. The highest BCUT2D eigenvalue weighted by molar-refractivity contribution is 7.22. The van der Waals surface area contributed by atoms with Crippen molar-refractivity contribution in [1.82, 2.24) is 5.32 Å². The van der Waals surface area contributed by atoms with Crippen molar-refractivity contribution in [2.24, 2.45) is 0 Å². The largest absolute Gasteiger partial charge is 0.508 e. The van der Waals surface area contributed by atoms with Gasteiger partial charge in [-0.1, -0.05) is 6.92 Å². The Labute approximate surface area is 195 Å². The molecule has 3 N–H and O–H groups in total. The van der Waals surface area contributed by atoms with Crippen LogP contribution in [0.3, 0.4) is 0 Å². The highest BCUT2D eigenvalue weighted by Gasteiger charge is 2.22. The van der Waals surface area contributed by atoms with Gasteiger partial charge in [-0.25, -0.2) is 0 Å². The van der Waals surface area contributed by atoms with Gasteiger partial charge in [0.25, 0.3) is 0 Å². The molecule has 1 aromatic heterocycles. The van der Waals surface area contributed by atoms with E-state index in [1.165, 1.54) is 11.3 Å². The van der Waals surface area contributed by atoms with Crippen LogP contribution in [-0.2, 0) is 4.79 Å². The van der Waals surface area contributed by atoms with Crippen molar-refractivity contribution >= 4 is 33.1 Å². The summed E-state index contributed by atoms with van der Waals surface area (Å²) in [7, 11) is 0. The molecular weight excluding hydrogens is 438 g/mol. The van der Waals surface area contributed by atoms with E-state index < -0.39 is 0 Å². The number of thiophene rings is 1. The number of nitrogens with one attached hydrogen (secondary N) is 1. The Balaban J connectivity index is 1.61. The molecule has 33 heavy (non-hydrogen) atoms. The molecule has 6 nitrogen and oxygen atoms in total. The van der Waals surface area contributed by atoms with E-state index >= 15 is 0 Å². The maximum absolute atomic E-state index is 13.6. The number of ketones is 1. The minimum Gasteiger partial charge on any atom is -0.508 e. The normalized spacial score (nSPS) is 10.8. The van der Waals surface area contributed by atoms with Crippen molar-refractivity contribution in [2.75, 3.05) is 13.2 Å². The van der Waals surface area contributed by atoms with Crippen molar-refractivity contribution in [2.45, 2.75) is 13.3 Å². The lowest BCUT2D eigenvalue weighted by atomic mass is 9.97. The van der Waals surface area contributed by atoms with Crippen LogP contribution in [-0.4, -0.2) is 35.1 Å². The molecule has 0 aliphatic rings. The Bertz CT molecular complexity index is 1290. The van der Waals surface area contributed by atoms with Gasteiger partial charge < -0.3 is 20.3 Å². The van der Waals surface area contributed by atoms with E-state index in [2.05, 4.69) is 5.32 Å². The second-order valence-corrected chi connectivity index (χ2v) is 8.49. The smallest absolute Gasteiger partial charge is 0.219 e. The van der Waals surface area contributed by atoms with Crippen molar-refractivity contribution in [3.05, 3.63) is 77.9 Å². The SMILES string of the molecule is CCC(=O)NCCOc1ccc(C(=O)c2c(-c3ccc(O)cc3)sc3cc(O)ccc23)cc1. The molecule has 0 aliphatic carbocycles. The number of carbonyl (C=O) groups is 2. The summed E-state index contributed by atoms with van der Waals surface area (Å²) in [6.45, 7) is 2.54. The van der Waals surface area contributed by atoms with Crippen LogP contribution in [0.4, 0.5) is 0 Å². The van der Waals surface area contributed by atoms with E-state index in [0.717, 1.165) is 20.5 Å². The van der Waals surface area contributed by atoms with Crippen LogP contribution in [0, 0.1) is 0 Å². The van der Waals surface area contributed by atoms with E-state index in [1.807, 2.05) is 0 Å². The van der Waals surface area contributed by atoms with Crippen molar-refractivity contribution in [3.8, 4) is 27.7 Å². The summed E-state index contributed by atoms with van der Waals surface area (Å²) in [4.78, 5) is 25.6. The van der Waals surface area contributed by atoms with Gasteiger partial charge in [0.15, 0.2) is 5.78 Å². The van der Waals surface area contributed by atoms with E-state index in [1.54, 1.807) is 73.7 Å². The summed E-state index contributed by atoms with van der Waals surface area (Å²) in [5, 5.41) is 23.1. The molecule has 0 aliphatic heterocycles. The van der Waals surface area contributed by atoms with E-state index in [9.17, 15) is 19.8 Å². The maximum Gasteiger partial charge on any atom is 0.219 e. The fraction of sp³-hybridized carbons (Fsp3) is 0.154. The number of aromatic hydroxyl groups is 2. The van der Waals surface area contributed by atoms with Crippen molar-refractivity contribution < 1.29 is 24.5 Å². The van der Waals surface area contributed by atoms with Crippen LogP contribution in [0.25, 0.3) is 20.5 Å². The van der Waals surface area contributed by atoms with E-state index in [-0.39, 0.29) is 23.2 Å². The van der Waals surface area contributed by atoms with Gasteiger partial charge in [-0.3, -0.25) is 9.59 Å². The number of hydrogen-bond acceptors (Lipinski definition) is 6. The Morgan fingerprint density at radius 3 is 2.33 bits per heavy atom. The number of rotatable bonds is 8. The third-order valence-electron chi connectivity index (χ3n) is 5.16. The number of ether oxygens (including phenoxy) is 1. The fourth-order valence-corrected chi connectivity index (χ4v) is 4.70.